The number of nitrogens with zero attached hydrogens (tertiary/aromatic N) is 6. The van der Waals surface area contributed by atoms with Gasteiger partial charge < -0.3 is 23.7 Å². The van der Waals surface area contributed by atoms with Crippen molar-refractivity contribution in [2.75, 3.05) is 19.1 Å². The van der Waals surface area contributed by atoms with Gasteiger partial charge in [0.2, 0.25) is 0 Å². The van der Waals surface area contributed by atoms with Crippen LogP contribution in [0.3, 0.4) is 0 Å². The molecule has 2 spiro atoms. The predicted molar refractivity (Wildman–Crippen MR) is 154 cm³/mol. The largest absolute Gasteiger partial charge is 0.497 e. The smallest absolute Gasteiger partial charge is 0.418 e. The number of hydrogen-bond donors (Lipinski definition) is 1. The Morgan fingerprint density at radius 1 is 0.881 bits per heavy atom. The fourth-order valence-electron chi connectivity index (χ4n) is 7.08. The zero-order chi connectivity index (χ0) is 29.1. The van der Waals surface area contributed by atoms with Crippen LogP contribution < -0.4 is 14.4 Å². The molecule has 0 radical (unpaired) electrons. The van der Waals surface area contributed by atoms with Crippen LogP contribution in [0.5, 0.6) is 11.5 Å². The maximum atomic E-state index is 13.1. The van der Waals surface area contributed by atoms with Gasteiger partial charge in [-0.05, 0) is 48.9 Å². The van der Waals surface area contributed by atoms with Gasteiger partial charge in [-0.3, -0.25) is 9.79 Å². The van der Waals surface area contributed by atoms with Gasteiger partial charge in [0.1, 0.15) is 16.9 Å². The number of rotatable bonds is 2. The fourth-order valence-corrected chi connectivity index (χ4v) is 7.08. The first-order valence-electron chi connectivity index (χ1n) is 13.9. The molecule has 2 aromatic carbocycles. The van der Waals surface area contributed by atoms with E-state index < -0.39 is 17.4 Å². The molecule has 2 amide bonds. The van der Waals surface area contributed by atoms with Gasteiger partial charge in [-0.1, -0.05) is 12.1 Å². The minimum Gasteiger partial charge on any atom is -0.497 e. The van der Waals surface area contributed by atoms with E-state index in [0.29, 0.717) is 23.4 Å². The lowest BCUT2D eigenvalue weighted by Crippen LogP contribution is -2.46. The molecule has 6 heterocycles. The normalized spacial score (nSPS) is 22.7. The van der Waals surface area contributed by atoms with Crippen molar-refractivity contribution in [3.05, 3.63) is 84.0 Å². The molecule has 0 saturated heterocycles. The molecule has 4 aliphatic rings. The lowest BCUT2D eigenvalue weighted by molar-refractivity contribution is -0.122. The van der Waals surface area contributed by atoms with Crippen molar-refractivity contribution in [1.82, 2.24) is 19.1 Å². The number of amides is 2. The predicted octanol–water partition coefficient (Wildman–Crippen LogP) is 4.68. The Bertz CT molecular complexity index is 1760. The van der Waals surface area contributed by atoms with E-state index in [1.807, 2.05) is 29.2 Å². The van der Waals surface area contributed by atoms with Gasteiger partial charge in [-0.15, -0.1) is 0 Å². The quantitative estimate of drug-likeness (QED) is 0.374. The number of aliphatic imine (C=N–C) groups is 1. The Kier molecular flexibility index (Phi) is 5.93. The molecule has 0 fully saturated rings. The second-order valence-electron chi connectivity index (χ2n) is 11.0. The maximum absolute atomic E-state index is 13.1. The van der Waals surface area contributed by atoms with E-state index in [1.165, 1.54) is 18.4 Å². The molecule has 0 aliphatic carbocycles. The lowest BCUT2D eigenvalue weighted by atomic mass is 9.73. The van der Waals surface area contributed by atoms with Crippen molar-refractivity contribution in [3.8, 4) is 11.5 Å². The third-order valence-electron chi connectivity index (χ3n) is 9.01. The molecule has 0 saturated carbocycles. The third kappa shape index (κ3) is 3.55. The number of carbonyl (C=O) groups is 2. The number of aryl methyl sites for hydroxylation is 2. The van der Waals surface area contributed by atoms with Gasteiger partial charge in [0, 0.05) is 43.8 Å². The van der Waals surface area contributed by atoms with E-state index >= 15 is 0 Å². The molecule has 1 N–H and O–H groups in total. The van der Waals surface area contributed by atoms with Crippen LogP contribution in [0.15, 0.2) is 66.4 Å². The Hall–Kier alpha value is -4.93. The highest BCUT2D eigenvalue weighted by Crippen LogP contribution is 2.51. The Balaban J connectivity index is 0.000000139. The van der Waals surface area contributed by atoms with Gasteiger partial charge in [-0.25, -0.2) is 19.7 Å². The van der Waals surface area contributed by atoms with E-state index in [1.54, 1.807) is 37.8 Å². The molecule has 11 heteroatoms. The molecule has 4 aliphatic heterocycles. The van der Waals surface area contributed by atoms with Crippen LogP contribution in [0, 0.1) is 0 Å². The van der Waals surface area contributed by atoms with Crippen LogP contribution >= 0.6 is 0 Å². The highest BCUT2D eigenvalue weighted by atomic mass is 16.5. The number of carboxylic acid groups (broad SMARTS) is 1. The summed E-state index contributed by atoms with van der Waals surface area (Å²) in [6.45, 7) is 1.83. The van der Waals surface area contributed by atoms with Crippen LogP contribution in [0.4, 0.5) is 16.2 Å². The van der Waals surface area contributed by atoms with Crippen molar-refractivity contribution in [2.45, 2.75) is 49.6 Å². The number of aromatic nitrogens is 4. The van der Waals surface area contributed by atoms with Gasteiger partial charge in [0.25, 0.3) is 5.91 Å². The summed E-state index contributed by atoms with van der Waals surface area (Å²) in [5.41, 5.74) is 4.31. The molecular formula is C31H30N6O5. The Morgan fingerprint density at radius 3 is 2.24 bits per heavy atom. The zero-order valence-electron chi connectivity index (χ0n) is 23.4. The number of imidazole rings is 2. The highest BCUT2D eigenvalue weighted by Gasteiger charge is 2.56. The van der Waals surface area contributed by atoms with Crippen LogP contribution in [0.25, 0.3) is 0 Å². The summed E-state index contributed by atoms with van der Waals surface area (Å²) in [5, 5.41) is 9.55. The molecule has 42 heavy (non-hydrogen) atoms. The monoisotopic (exact) mass is 566 g/mol. The molecule has 0 bridgehead atoms. The van der Waals surface area contributed by atoms with Crippen molar-refractivity contribution in [1.29, 1.82) is 0 Å². The van der Waals surface area contributed by atoms with Crippen LogP contribution in [0.2, 0.25) is 0 Å². The number of imide groups is 1. The molecule has 2 atom stereocenters. The minimum absolute atomic E-state index is 0.0869. The number of carbonyl (C=O) groups excluding carboxylic acids is 1. The second-order valence-corrected chi connectivity index (χ2v) is 11.0. The van der Waals surface area contributed by atoms with E-state index in [9.17, 15) is 14.7 Å². The van der Waals surface area contributed by atoms with E-state index in [0.717, 1.165) is 54.4 Å². The van der Waals surface area contributed by atoms with E-state index in [4.69, 9.17) is 9.47 Å². The van der Waals surface area contributed by atoms with Crippen molar-refractivity contribution >= 4 is 29.6 Å². The summed E-state index contributed by atoms with van der Waals surface area (Å²) in [7, 11) is 3.20. The Labute approximate surface area is 242 Å². The van der Waals surface area contributed by atoms with Crippen LogP contribution in [-0.2, 0) is 28.7 Å². The number of hydrogen-bond acceptors (Lipinski definition) is 7. The van der Waals surface area contributed by atoms with Gasteiger partial charge in [0.15, 0.2) is 0 Å². The molecule has 4 aromatic rings. The molecule has 2 aromatic heterocycles. The molecule has 8 rings (SSSR count). The summed E-state index contributed by atoms with van der Waals surface area (Å²) in [4.78, 5) is 38.7. The topological polar surface area (TPSA) is 124 Å². The average Bonchev–Trinajstić information content (AvgIpc) is 3.80. The summed E-state index contributed by atoms with van der Waals surface area (Å²) in [6, 6.07) is 11.3. The van der Waals surface area contributed by atoms with Crippen molar-refractivity contribution in [3.63, 3.8) is 0 Å². The number of methoxy groups -OCH3 is 2. The zero-order valence-corrected chi connectivity index (χ0v) is 23.4. The van der Waals surface area contributed by atoms with Crippen molar-refractivity contribution < 1.29 is 24.2 Å². The average molecular weight is 567 g/mol. The van der Waals surface area contributed by atoms with Crippen molar-refractivity contribution in [2.24, 2.45) is 4.99 Å². The summed E-state index contributed by atoms with van der Waals surface area (Å²) < 4.78 is 14.6. The first kappa shape index (κ1) is 26.0. The lowest BCUT2D eigenvalue weighted by Gasteiger charge is -2.33. The minimum atomic E-state index is -1.28. The van der Waals surface area contributed by atoms with Gasteiger partial charge in [0.05, 0.1) is 55.1 Å². The van der Waals surface area contributed by atoms with E-state index in [2.05, 4.69) is 31.8 Å². The third-order valence-corrected chi connectivity index (χ3v) is 9.01. The standard InChI is InChI=1S/C16H15N3O4.C15H15N3O/c1-23-10-3-4-11-12(7-10)19(15(21)22)14(20)16(11)5-2-6-18-9-17-8-13(16)18;1-19-11-3-4-12-13(7-11)17-9-15(12)5-2-6-18-10-16-8-14(15)18/h3-4,7-9H,2,5-6H2,1H3,(H,21,22);3-4,7-10H,2,5-6H2,1H3. The molecule has 2 unspecified atom stereocenters. The Morgan fingerprint density at radius 2 is 1.52 bits per heavy atom. The van der Waals surface area contributed by atoms with Gasteiger partial charge in [-0.2, -0.15) is 0 Å². The number of benzene rings is 2. The fraction of sp³-hybridized carbons (Fsp3) is 0.323. The SMILES string of the molecule is COc1ccc2c(c1)N(C(=O)O)C(=O)C21CCCn2cncc21.COc1ccc2c(c1)N=CC21CCCn2cncc21. The first-order valence-corrected chi connectivity index (χ1v) is 13.9. The molecule has 11 nitrogen and oxygen atoms in total. The number of ether oxygens (including phenoxy) is 2. The van der Waals surface area contributed by atoms with E-state index in [-0.39, 0.29) is 5.41 Å². The van der Waals surface area contributed by atoms with Crippen LogP contribution in [-0.4, -0.2) is 56.6 Å². The summed E-state index contributed by atoms with van der Waals surface area (Å²) in [5.74, 6) is 0.941. The summed E-state index contributed by atoms with van der Waals surface area (Å²) in [6.07, 6.45) is 11.7. The first-order chi connectivity index (χ1) is 20.4. The highest BCUT2D eigenvalue weighted by molar-refractivity contribution is 6.22. The number of anilines is 1. The molecular weight excluding hydrogens is 536 g/mol. The second kappa shape index (κ2) is 9.57. The number of fused-ring (bicyclic) bond motifs is 8. The summed E-state index contributed by atoms with van der Waals surface area (Å²) >= 11 is 0. The maximum Gasteiger partial charge on any atom is 0.418 e. The molecule has 214 valence electrons. The van der Waals surface area contributed by atoms with Crippen LogP contribution in [0.1, 0.15) is 48.2 Å². The van der Waals surface area contributed by atoms with Gasteiger partial charge >= 0.3 is 6.09 Å².